The molecule has 0 spiro atoms. The van der Waals surface area contributed by atoms with Gasteiger partial charge in [-0.15, -0.1) is 11.3 Å². The number of rotatable bonds is 7. The van der Waals surface area contributed by atoms with Crippen LogP contribution in [0.2, 0.25) is 0 Å². The van der Waals surface area contributed by atoms with Crippen LogP contribution in [0.5, 0.6) is 0 Å². The van der Waals surface area contributed by atoms with E-state index < -0.39 is 6.09 Å². The van der Waals surface area contributed by atoms with E-state index in [9.17, 15) is 14.9 Å². The number of nitrogens with zero attached hydrogens (tertiary/aromatic N) is 3. The number of fused-ring (bicyclic) bond motifs is 1. The van der Waals surface area contributed by atoms with Crippen LogP contribution in [0, 0.1) is 17.2 Å². The number of hydrogen-bond donors (Lipinski definition) is 2. The molecule has 1 aliphatic rings. The Morgan fingerprint density at radius 3 is 3.06 bits per heavy atom. The number of anilines is 1. The van der Waals surface area contributed by atoms with E-state index in [1.165, 1.54) is 17.4 Å². The summed E-state index contributed by atoms with van der Waals surface area (Å²) in [5.41, 5.74) is 2.50. The van der Waals surface area contributed by atoms with Crippen molar-refractivity contribution in [3.8, 4) is 6.07 Å². The highest BCUT2D eigenvalue weighted by Crippen LogP contribution is 2.39. The predicted molar refractivity (Wildman–Crippen MR) is 128 cm³/mol. The van der Waals surface area contributed by atoms with E-state index in [1.54, 1.807) is 23.6 Å². The highest BCUT2D eigenvalue weighted by molar-refractivity contribution is 7.16. The fourth-order valence-electron chi connectivity index (χ4n) is 3.66. The molecule has 8 nitrogen and oxygen atoms in total. The molecule has 1 aliphatic carbocycles. The van der Waals surface area contributed by atoms with Gasteiger partial charge in [0.2, 0.25) is 5.91 Å². The summed E-state index contributed by atoms with van der Waals surface area (Å²) in [5.74, 6) is 0.654. The molecular formula is C23H23N5O3S2. The normalized spacial score (nSPS) is 15.1. The molecule has 2 amide bonds. The standard InChI is InChI=1S/C23H23N5O3S2/c1-28-8-7-25-20(28)12-26-23(30)31-13-16-2-4-17-18(11-24)22(33-19(17)10-16)27-21(29)5-3-15-6-9-32-14-15/h3,5-9,14,16H,2,4,10,12-13H2,1H3,(H,26,30)(H,27,29). The number of alkyl carbamates (subject to hydrolysis) is 1. The van der Waals surface area contributed by atoms with Crippen LogP contribution < -0.4 is 10.6 Å². The van der Waals surface area contributed by atoms with Crippen molar-refractivity contribution in [2.24, 2.45) is 13.0 Å². The summed E-state index contributed by atoms with van der Waals surface area (Å²) in [7, 11) is 1.86. The quantitative estimate of drug-likeness (QED) is 0.494. The molecule has 33 heavy (non-hydrogen) atoms. The zero-order valence-electron chi connectivity index (χ0n) is 18.0. The molecule has 3 heterocycles. The van der Waals surface area contributed by atoms with Gasteiger partial charge in [0.15, 0.2) is 0 Å². The van der Waals surface area contributed by atoms with Gasteiger partial charge in [-0.3, -0.25) is 4.79 Å². The summed E-state index contributed by atoms with van der Waals surface area (Å²) < 4.78 is 7.24. The van der Waals surface area contributed by atoms with Gasteiger partial charge in [-0.2, -0.15) is 16.6 Å². The molecule has 170 valence electrons. The van der Waals surface area contributed by atoms with Crippen LogP contribution in [0.3, 0.4) is 0 Å². The summed E-state index contributed by atoms with van der Waals surface area (Å²) in [6.07, 6.45) is 8.49. The number of nitriles is 1. The highest BCUT2D eigenvalue weighted by atomic mass is 32.1. The topological polar surface area (TPSA) is 109 Å². The average molecular weight is 482 g/mol. The fourth-order valence-corrected chi connectivity index (χ4v) is 5.60. The maximum absolute atomic E-state index is 12.3. The number of hydrogen-bond acceptors (Lipinski definition) is 7. The van der Waals surface area contributed by atoms with Crippen molar-refractivity contribution in [3.05, 3.63) is 62.7 Å². The zero-order chi connectivity index (χ0) is 23.2. The number of nitrogens with one attached hydrogen (secondary N) is 2. The second-order valence-corrected chi connectivity index (χ2v) is 9.60. The molecule has 0 fully saturated rings. The molecule has 0 saturated carbocycles. The summed E-state index contributed by atoms with van der Waals surface area (Å²) in [6, 6.07) is 4.18. The maximum atomic E-state index is 12.3. The number of thiophene rings is 2. The Hall–Kier alpha value is -3.42. The summed E-state index contributed by atoms with van der Waals surface area (Å²) in [4.78, 5) is 29.6. The first-order valence-corrected chi connectivity index (χ1v) is 12.2. The van der Waals surface area contributed by atoms with Gasteiger partial charge in [-0.25, -0.2) is 9.78 Å². The van der Waals surface area contributed by atoms with Crippen molar-refractivity contribution in [3.63, 3.8) is 0 Å². The van der Waals surface area contributed by atoms with Gasteiger partial charge < -0.3 is 19.9 Å². The minimum atomic E-state index is -0.474. The van der Waals surface area contributed by atoms with E-state index in [1.807, 2.05) is 34.6 Å². The first-order chi connectivity index (χ1) is 16.0. The van der Waals surface area contributed by atoms with Crippen molar-refractivity contribution >= 4 is 45.8 Å². The Kier molecular flexibility index (Phi) is 7.22. The Balaban J connectivity index is 1.31. The van der Waals surface area contributed by atoms with E-state index in [0.29, 0.717) is 30.1 Å². The van der Waals surface area contributed by atoms with Crippen molar-refractivity contribution in [1.82, 2.24) is 14.9 Å². The van der Waals surface area contributed by atoms with Crippen LogP contribution >= 0.6 is 22.7 Å². The second-order valence-electron chi connectivity index (χ2n) is 7.71. The smallest absolute Gasteiger partial charge is 0.407 e. The molecule has 0 aromatic carbocycles. The molecule has 0 saturated heterocycles. The Bertz CT molecular complexity index is 1200. The molecule has 4 rings (SSSR count). The zero-order valence-corrected chi connectivity index (χ0v) is 19.7. The molecule has 1 atom stereocenters. The molecule has 1 unspecified atom stereocenters. The Morgan fingerprint density at radius 2 is 2.33 bits per heavy atom. The van der Waals surface area contributed by atoms with Gasteiger partial charge in [-0.05, 0) is 59.2 Å². The third-order valence-corrected chi connectivity index (χ3v) is 7.32. The van der Waals surface area contributed by atoms with Gasteiger partial charge in [0.25, 0.3) is 0 Å². The predicted octanol–water partition coefficient (Wildman–Crippen LogP) is 4.10. The minimum absolute atomic E-state index is 0.170. The van der Waals surface area contributed by atoms with E-state index >= 15 is 0 Å². The monoisotopic (exact) mass is 481 g/mol. The molecule has 3 aromatic heterocycles. The number of amides is 2. The third-order valence-electron chi connectivity index (χ3n) is 5.45. The SMILES string of the molecule is Cn1ccnc1CNC(=O)OCC1CCc2c(sc(NC(=O)C=Cc3ccsc3)c2C#N)C1. The first-order valence-electron chi connectivity index (χ1n) is 10.5. The summed E-state index contributed by atoms with van der Waals surface area (Å²) in [5, 5.41) is 19.7. The number of imidazole rings is 1. The van der Waals surface area contributed by atoms with Gasteiger partial charge in [0.1, 0.15) is 16.9 Å². The van der Waals surface area contributed by atoms with Crippen LogP contribution in [0.4, 0.5) is 9.80 Å². The number of aromatic nitrogens is 2. The Labute approximate surface area is 199 Å². The lowest BCUT2D eigenvalue weighted by atomic mass is 9.88. The highest BCUT2D eigenvalue weighted by Gasteiger charge is 2.27. The van der Waals surface area contributed by atoms with Crippen molar-refractivity contribution in [2.75, 3.05) is 11.9 Å². The average Bonchev–Trinajstić information content (AvgIpc) is 3.54. The van der Waals surface area contributed by atoms with Gasteiger partial charge in [0.05, 0.1) is 18.7 Å². The molecule has 0 radical (unpaired) electrons. The van der Waals surface area contributed by atoms with Crippen LogP contribution in [0.15, 0.2) is 35.3 Å². The number of carbonyl (C=O) groups is 2. The number of aryl methyl sites for hydroxylation is 1. The second kappa shape index (κ2) is 10.5. The molecule has 10 heteroatoms. The van der Waals surface area contributed by atoms with Crippen LogP contribution in [0.1, 0.15) is 33.8 Å². The lowest BCUT2D eigenvalue weighted by Crippen LogP contribution is -2.28. The third kappa shape index (κ3) is 5.69. The maximum Gasteiger partial charge on any atom is 0.407 e. The van der Waals surface area contributed by atoms with Gasteiger partial charge in [0, 0.05) is 30.4 Å². The number of carbonyl (C=O) groups excluding carboxylic acids is 2. The van der Waals surface area contributed by atoms with Crippen molar-refractivity contribution in [2.45, 2.75) is 25.8 Å². The van der Waals surface area contributed by atoms with Crippen LogP contribution in [-0.2, 0) is 36.0 Å². The lowest BCUT2D eigenvalue weighted by Gasteiger charge is -2.21. The Morgan fingerprint density at radius 1 is 1.45 bits per heavy atom. The molecule has 3 aromatic rings. The van der Waals surface area contributed by atoms with Crippen LogP contribution in [0.25, 0.3) is 6.08 Å². The summed E-state index contributed by atoms with van der Waals surface area (Å²) >= 11 is 3.00. The van der Waals surface area contributed by atoms with E-state index in [0.717, 1.165) is 34.7 Å². The first kappa shape index (κ1) is 22.8. The lowest BCUT2D eigenvalue weighted by molar-refractivity contribution is -0.111. The van der Waals surface area contributed by atoms with E-state index in [-0.39, 0.29) is 11.8 Å². The molecule has 0 aliphatic heterocycles. The van der Waals surface area contributed by atoms with Gasteiger partial charge in [-0.1, -0.05) is 0 Å². The largest absolute Gasteiger partial charge is 0.449 e. The van der Waals surface area contributed by atoms with Crippen molar-refractivity contribution < 1.29 is 14.3 Å². The van der Waals surface area contributed by atoms with Crippen molar-refractivity contribution in [1.29, 1.82) is 5.26 Å². The van der Waals surface area contributed by atoms with Crippen LogP contribution in [-0.4, -0.2) is 28.2 Å². The minimum Gasteiger partial charge on any atom is -0.449 e. The van der Waals surface area contributed by atoms with E-state index in [4.69, 9.17) is 4.74 Å². The molecule has 0 bridgehead atoms. The fraction of sp³-hybridized carbons (Fsp3) is 0.304. The molecule has 2 N–H and O–H groups in total. The number of ether oxygens (including phenoxy) is 1. The summed E-state index contributed by atoms with van der Waals surface area (Å²) in [6.45, 7) is 0.605. The van der Waals surface area contributed by atoms with E-state index in [2.05, 4.69) is 21.7 Å². The van der Waals surface area contributed by atoms with Gasteiger partial charge >= 0.3 is 6.09 Å². The molecular weight excluding hydrogens is 458 g/mol.